The van der Waals surface area contributed by atoms with E-state index in [9.17, 15) is 19.3 Å². The molecule has 0 atom stereocenters. The molecular formula is C12H12FNO4. The number of benzene rings is 1. The van der Waals surface area contributed by atoms with Crippen LogP contribution in [0.3, 0.4) is 0 Å². The van der Waals surface area contributed by atoms with Crippen LogP contribution in [0.25, 0.3) is 0 Å². The standard InChI is InChI=1S/C12H12FNO4/c13-9-3-4-11(14(16)17)10(7-9)12(15)18-6-5-8-1-2-8/h3-4,7-8H,1-2,5-6H2. The highest BCUT2D eigenvalue weighted by Crippen LogP contribution is 2.32. The van der Waals surface area contributed by atoms with Gasteiger partial charge < -0.3 is 4.74 Å². The number of hydrogen-bond acceptors (Lipinski definition) is 4. The molecule has 0 radical (unpaired) electrons. The van der Waals surface area contributed by atoms with Crippen LogP contribution < -0.4 is 0 Å². The van der Waals surface area contributed by atoms with Gasteiger partial charge in [-0.15, -0.1) is 0 Å². The maximum Gasteiger partial charge on any atom is 0.345 e. The quantitative estimate of drug-likeness (QED) is 0.459. The van der Waals surface area contributed by atoms with Crippen LogP contribution in [0.15, 0.2) is 18.2 Å². The zero-order valence-electron chi connectivity index (χ0n) is 9.60. The van der Waals surface area contributed by atoms with Gasteiger partial charge in [0, 0.05) is 6.07 Å². The first-order valence-corrected chi connectivity index (χ1v) is 5.69. The Hall–Kier alpha value is -1.98. The van der Waals surface area contributed by atoms with E-state index in [4.69, 9.17) is 4.74 Å². The molecule has 0 heterocycles. The van der Waals surface area contributed by atoms with Gasteiger partial charge in [0.2, 0.25) is 0 Å². The molecule has 0 aromatic heterocycles. The van der Waals surface area contributed by atoms with Crippen LogP contribution in [0, 0.1) is 21.8 Å². The zero-order chi connectivity index (χ0) is 13.1. The van der Waals surface area contributed by atoms with Gasteiger partial charge in [0.05, 0.1) is 11.5 Å². The smallest absolute Gasteiger partial charge is 0.345 e. The molecule has 0 saturated heterocycles. The van der Waals surface area contributed by atoms with E-state index in [2.05, 4.69) is 0 Å². The molecule has 0 amide bonds. The molecule has 0 N–H and O–H groups in total. The fourth-order valence-corrected chi connectivity index (χ4v) is 1.63. The van der Waals surface area contributed by atoms with E-state index in [-0.39, 0.29) is 12.2 Å². The second kappa shape index (κ2) is 5.12. The van der Waals surface area contributed by atoms with Gasteiger partial charge in [0.1, 0.15) is 11.4 Å². The van der Waals surface area contributed by atoms with Crippen molar-refractivity contribution >= 4 is 11.7 Å². The number of esters is 1. The third-order valence-electron chi connectivity index (χ3n) is 2.83. The van der Waals surface area contributed by atoms with Gasteiger partial charge >= 0.3 is 5.97 Å². The maximum atomic E-state index is 13.0. The fourth-order valence-electron chi connectivity index (χ4n) is 1.63. The van der Waals surface area contributed by atoms with Crippen LogP contribution in [0.1, 0.15) is 29.6 Å². The van der Waals surface area contributed by atoms with Crippen molar-refractivity contribution in [2.75, 3.05) is 6.61 Å². The zero-order valence-corrected chi connectivity index (χ0v) is 9.60. The Morgan fingerprint density at radius 3 is 2.83 bits per heavy atom. The molecule has 96 valence electrons. The van der Waals surface area contributed by atoms with E-state index >= 15 is 0 Å². The molecule has 0 spiro atoms. The van der Waals surface area contributed by atoms with E-state index in [1.54, 1.807) is 0 Å². The average Bonchev–Trinajstić information content (AvgIpc) is 3.12. The Labute approximate surface area is 103 Å². The minimum atomic E-state index is -0.846. The van der Waals surface area contributed by atoms with E-state index in [0.717, 1.165) is 37.5 Å². The van der Waals surface area contributed by atoms with Crippen molar-refractivity contribution in [3.05, 3.63) is 39.7 Å². The van der Waals surface area contributed by atoms with Gasteiger partial charge in [-0.05, 0) is 24.5 Å². The summed E-state index contributed by atoms with van der Waals surface area (Å²) < 4.78 is 17.9. The minimum absolute atomic E-state index is 0.219. The summed E-state index contributed by atoms with van der Waals surface area (Å²) >= 11 is 0. The van der Waals surface area contributed by atoms with Crippen LogP contribution in [-0.2, 0) is 4.74 Å². The summed E-state index contributed by atoms with van der Waals surface area (Å²) in [4.78, 5) is 21.6. The monoisotopic (exact) mass is 253 g/mol. The Morgan fingerprint density at radius 1 is 1.50 bits per heavy atom. The summed E-state index contributed by atoms with van der Waals surface area (Å²) in [6.07, 6.45) is 3.03. The fraction of sp³-hybridized carbons (Fsp3) is 0.417. The molecule has 18 heavy (non-hydrogen) atoms. The van der Waals surface area contributed by atoms with Gasteiger partial charge in [-0.1, -0.05) is 12.8 Å². The Kier molecular flexibility index (Phi) is 3.55. The summed E-state index contributed by atoms with van der Waals surface area (Å²) in [7, 11) is 0. The largest absolute Gasteiger partial charge is 0.462 e. The highest BCUT2D eigenvalue weighted by Gasteiger charge is 2.24. The Morgan fingerprint density at radius 2 is 2.22 bits per heavy atom. The van der Waals surface area contributed by atoms with Crippen molar-refractivity contribution in [1.29, 1.82) is 0 Å². The van der Waals surface area contributed by atoms with Crippen LogP contribution in [0.4, 0.5) is 10.1 Å². The van der Waals surface area contributed by atoms with Crippen LogP contribution >= 0.6 is 0 Å². The number of rotatable bonds is 5. The summed E-state index contributed by atoms with van der Waals surface area (Å²) in [6.45, 7) is 0.219. The maximum absolute atomic E-state index is 13.0. The number of nitrogens with zero attached hydrogens (tertiary/aromatic N) is 1. The van der Waals surface area contributed by atoms with Gasteiger partial charge in [-0.2, -0.15) is 0 Å². The number of halogens is 1. The second-order valence-electron chi connectivity index (χ2n) is 4.29. The lowest BCUT2D eigenvalue weighted by Crippen LogP contribution is -2.10. The topological polar surface area (TPSA) is 69.4 Å². The first-order valence-electron chi connectivity index (χ1n) is 5.69. The molecule has 2 rings (SSSR count). The molecule has 1 aromatic rings. The van der Waals surface area contributed by atoms with Crippen molar-refractivity contribution in [1.82, 2.24) is 0 Å². The second-order valence-corrected chi connectivity index (χ2v) is 4.29. The van der Waals surface area contributed by atoms with Crippen molar-refractivity contribution in [2.24, 2.45) is 5.92 Å². The predicted octanol–water partition coefficient (Wildman–Crippen LogP) is 2.69. The normalized spacial score (nSPS) is 14.3. The SMILES string of the molecule is O=C(OCCC1CC1)c1cc(F)ccc1[N+](=O)[O-]. The number of nitro benzene ring substituents is 1. The lowest BCUT2D eigenvalue weighted by Gasteiger charge is -2.04. The Balaban J connectivity index is 2.06. The predicted molar refractivity (Wildman–Crippen MR) is 60.7 cm³/mol. The highest BCUT2D eigenvalue weighted by molar-refractivity contribution is 5.93. The molecule has 0 aliphatic heterocycles. The molecule has 1 aliphatic carbocycles. The summed E-state index contributed by atoms with van der Waals surface area (Å²) in [5.74, 6) is -0.947. The van der Waals surface area contributed by atoms with E-state index in [1.165, 1.54) is 0 Å². The summed E-state index contributed by atoms with van der Waals surface area (Å²) in [6, 6.07) is 2.74. The number of carbonyl (C=O) groups excluding carboxylic acids is 1. The third-order valence-corrected chi connectivity index (χ3v) is 2.83. The van der Waals surface area contributed by atoms with Crippen LogP contribution in [-0.4, -0.2) is 17.5 Å². The molecule has 1 aromatic carbocycles. The molecule has 0 bridgehead atoms. The molecule has 1 aliphatic rings. The van der Waals surface area contributed by atoms with E-state index in [1.807, 2.05) is 0 Å². The first kappa shape index (κ1) is 12.5. The number of carbonyl (C=O) groups is 1. The van der Waals surface area contributed by atoms with Crippen LogP contribution in [0.5, 0.6) is 0 Å². The van der Waals surface area contributed by atoms with Gasteiger partial charge in [0.15, 0.2) is 0 Å². The third kappa shape index (κ3) is 3.03. The first-order chi connectivity index (χ1) is 8.58. The van der Waals surface area contributed by atoms with E-state index < -0.39 is 22.4 Å². The number of nitro groups is 1. The van der Waals surface area contributed by atoms with Crippen LogP contribution in [0.2, 0.25) is 0 Å². The molecule has 1 saturated carbocycles. The number of hydrogen-bond donors (Lipinski definition) is 0. The average molecular weight is 253 g/mol. The summed E-state index contributed by atoms with van der Waals surface area (Å²) in [5.41, 5.74) is -0.774. The van der Waals surface area contributed by atoms with Gasteiger partial charge in [0.25, 0.3) is 5.69 Å². The summed E-state index contributed by atoms with van der Waals surface area (Å²) in [5, 5.41) is 10.7. The Bertz CT molecular complexity index is 485. The lowest BCUT2D eigenvalue weighted by molar-refractivity contribution is -0.385. The number of ether oxygens (including phenoxy) is 1. The molecule has 1 fully saturated rings. The van der Waals surface area contributed by atoms with E-state index in [0.29, 0.717) is 5.92 Å². The molecule has 5 nitrogen and oxygen atoms in total. The van der Waals surface area contributed by atoms with Crippen molar-refractivity contribution in [3.63, 3.8) is 0 Å². The highest BCUT2D eigenvalue weighted by atomic mass is 19.1. The van der Waals surface area contributed by atoms with Crippen molar-refractivity contribution in [2.45, 2.75) is 19.3 Å². The van der Waals surface area contributed by atoms with Gasteiger partial charge in [-0.25, -0.2) is 9.18 Å². The minimum Gasteiger partial charge on any atom is -0.462 e. The van der Waals surface area contributed by atoms with Gasteiger partial charge in [-0.3, -0.25) is 10.1 Å². The molecule has 0 unspecified atom stereocenters. The molecule has 6 heteroatoms. The molecular weight excluding hydrogens is 241 g/mol. The van der Waals surface area contributed by atoms with Crippen molar-refractivity contribution in [3.8, 4) is 0 Å². The lowest BCUT2D eigenvalue weighted by atomic mass is 10.2. The van der Waals surface area contributed by atoms with Crippen molar-refractivity contribution < 1.29 is 18.8 Å².